The standard InChI is InChI=1S/C13H10BrCl2NO2S/c1-8-3-2-4-12(13(8)14)17-20(18,19)11-6-9(15)5-10(16)7-11/h2-7,17H,1H3. The van der Waals surface area contributed by atoms with Gasteiger partial charge < -0.3 is 0 Å². The van der Waals surface area contributed by atoms with E-state index in [1.807, 2.05) is 13.0 Å². The highest BCUT2D eigenvalue weighted by molar-refractivity contribution is 9.10. The van der Waals surface area contributed by atoms with Crippen molar-refractivity contribution in [1.82, 2.24) is 0 Å². The van der Waals surface area contributed by atoms with Gasteiger partial charge in [0.25, 0.3) is 10.0 Å². The molecule has 0 spiro atoms. The number of nitrogens with one attached hydrogen (secondary N) is 1. The summed E-state index contributed by atoms with van der Waals surface area (Å²) in [6.07, 6.45) is 0. The highest BCUT2D eigenvalue weighted by Gasteiger charge is 2.17. The molecule has 0 aliphatic heterocycles. The molecule has 0 bridgehead atoms. The van der Waals surface area contributed by atoms with Crippen molar-refractivity contribution in [2.24, 2.45) is 0 Å². The second kappa shape index (κ2) is 5.93. The zero-order chi connectivity index (χ0) is 14.9. The average molecular weight is 395 g/mol. The lowest BCUT2D eigenvalue weighted by molar-refractivity contribution is 0.601. The third-order valence-electron chi connectivity index (χ3n) is 2.58. The van der Waals surface area contributed by atoms with E-state index >= 15 is 0 Å². The van der Waals surface area contributed by atoms with Crippen molar-refractivity contribution in [3.63, 3.8) is 0 Å². The first kappa shape index (κ1) is 15.6. The van der Waals surface area contributed by atoms with Gasteiger partial charge in [0.1, 0.15) is 0 Å². The third-order valence-corrected chi connectivity index (χ3v) is 5.42. The van der Waals surface area contributed by atoms with Gasteiger partial charge in [0.05, 0.1) is 10.6 Å². The molecule has 106 valence electrons. The lowest BCUT2D eigenvalue weighted by Gasteiger charge is -2.11. The van der Waals surface area contributed by atoms with Crippen LogP contribution in [0.5, 0.6) is 0 Å². The van der Waals surface area contributed by atoms with E-state index < -0.39 is 10.0 Å². The van der Waals surface area contributed by atoms with Crippen LogP contribution in [0.15, 0.2) is 45.8 Å². The van der Waals surface area contributed by atoms with Crippen molar-refractivity contribution in [2.45, 2.75) is 11.8 Å². The van der Waals surface area contributed by atoms with Crippen molar-refractivity contribution >= 4 is 54.8 Å². The average Bonchev–Trinajstić information content (AvgIpc) is 2.33. The molecule has 0 unspecified atom stereocenters. The Labute approximate surface area is 136 Å². The fraction of sp³-hybridized carbons (Fsp3) is 0.0769. The summed E-state index contributed by atoms with van der Waals surface area (Å²) in [5.41, 5.74) is 1.38. The predicted molar refractivity (Wildman–Crippen MR) is 86.1 cm³/mol. The van der Waals surface area contributed by atoms with Gasteiger partial charge >= 0.3 is 0 Å². The third kappa shape index (κ3) is 3.47. The van der Waals surface area contributed by atoms with Gasteiger partial charge in [0.15, 0.2) is 0 Å². The normalized spacial score (nSPS) is 11.4. The number of hydrogen-bond acceptors (Lipinski definition) is 2. The van der Waals surface area contributed by atoms with Crippen molar-refractivity contribution in [1.29, 1.82) is 0 Å². The highest BCUT2D eigenvalue weighted by Crippen LogP contribution is 2.29. The monoisotopic (exact) mass is 393 g/mol. The van der Waals surface area contributed by atoms with Gasteiger partial charge in [0, 0.05) is 14.5 Å². The minimum absolute atomic E-state index is 0.0170. The van der Waals surface area contributed by atoms with E-state index in [0.29, 0.717) is 10.2 Å². The molecule has 0 heterocycles. The van der Waals surface area contributed by atoms with Crippen molar-refractivity contribution < 1.29 is 8.42 Å². The smallest absolute Gasteiger partial charge is 0.262 e. The molecule has 2 aromatic carbocycles. The van der Waals surface area contributed by atoms with Gasteiger partial charge in [-0.2, -0.15) is 0 Å². The summed E-state index contributed by atoms with van der Waals surface area (Å²) < 4.78 is 27.8. The van der Waals surface area contributed by atoms with E-state index in [1.165, 1.54) is 18.2 Å². The summed E-state index contributed by atoms with van der Waals surface area (Å²) in [5, 5.41) is 0.530. The summed E-state index contributed by atoms with van der Waals surface area (Å²) in [6, 6.07) is 9.48. The molecule has 2 aromatic rings. The lowest BCUT2D eigenvalue weighted by Crippen LogP contribution is -2.13. The maximum absolute atomic E-state index is 12.3. The van der Waals surface area contributed by atoms with Crippen LogP contribution in [0.25, 0.3) is 0 Å². The minimum atomic E-state index is -3.75. The van der Waals surface area contributed by atoms with E-state index in [2.05, 4.69) is 20.7 Å². The zero-order valence-corrected chi connectivity index (χ0v) is 14.2. The molecular weight excluding hydrogens is 385 g/mol. The van der Waals surface area contributed by atoms with E-state index in [1.54, 1.807) is 12.1 Å². The second-order valence-corrected chi connectivity index (χ2v) is 7.50. The molecule has 0 radical (unpaired) electrons. The van der Waals surface area contributed by atoms with E-state index in [4.69, 9.17) is 23.2 Å². The number of hydrogen-bond donors (Lipinski definition) is 1. The number of anilines is 1. The Kier molecular flexibility index (Phi) is 4.64. The molecule has 3 nitrogen and oxygen atoms in total. The van der Waals surface area contributed by atoms with Crippen molar-refractivity contribution in [3.8, 4) is 0 Å². The van der Waals surface area contributed by atoms with E-state index in [-0.39, 0.29) is 14.9 Å². The zero-order valence-electron chi connectivity index (χ0n) is 10.3. The molecule has 0 amide bonds. The topological polar surface area (TPSA) is 46.2 Å². The first-order chi connectivity index (χ1) is 9.29. The largest absolute Gasteiger partial charge is 0.278 e. The molecule has 7 heteroatoms. The van der Waals surface area contributed by atoms with Crippen LogP contribution in [0.2, 0.25) is 10.0 Å². The Morgan fingerprint density at radius 1 is 1.10 bits per heavy atom. The van der Waals surface area contributed by atoms with Gasteiger partial charge in [-0.1, -0.05) is 35.3 Å². The van der Waals surface area contributed by atoms with Gasteiger partial charge in [0.2, 0.25) is 0 Å². The van der Waals surface area contributed by atoms with E-state index in [0.717, 1.165) is 5.56 Å². The summed E-state index contributed by atoms with van der Waals surface area (Å²) in [6.45, 7) is 1.87. The predicted octanol–water partition coefficient (Wildman–Crippen LogP) is 4.87. The summed E-state index contributed by atoms with van der Waals surface area (Å²) in [7, 11) is -3.75. The SMILES string of the molecule is Cc1cccc(NS(=O)(=O)c2cc(Cl)cc(Cl)c2)c1Br. The number of sulfonamides is 1. The van der Waals surface area contributed by atoms with Crippen LogP contribution in [0.1, 0.15) is 5.56 Å². The quantitative estimate of drug-likeness (QED) is 0.807. The maximum atomic E-state index is 12.3. The highest BCUT2D eigenvalue weighted by atomic mass is 79.9. The van der Waals surface area contributed by atoms with Crippen LogP contribution in [-0.4, -0.2) is 8.42 Å². The Balaban J connectivity index is 2.43. The van der Waals surface area contributed by atoms with E-state index in [9.17, 15) is 8.42 Å². The Morgan fingerprint density at radius 3 is 2.30 bits per heavy atom. The van der Waals surface area contributed by atoms with Gasteiger partial charge in [-0.3, -0.25) is 4.72 Å². The van der Waals surface area contributed by atoms with Crippen molar-refractivity contribution in [2.75, 3.05) is 4.72 Å². The van der Waals surface area contributed by atoms with Crippen LogP contribution >= 0.6 is 39.1 Å². The fourth-order valence-electron chi connectivity index (χ4n) is 1.61. The number of halogens is 3. The molecule has 0 aliphatic rings. The first-order valence-electron chi connectivity index (χ1n) is 5.53. The summed E-state index contributed by atoms with van der Waals surface area (Å²) in [5.74, 6) is 0. The van der Waals surface area contributed by atoms with Crippen LogP contribution in [0.3, 0.4) is 0 Å². The van der Waals surface area contributed by atoms with Crippen LogP contribution < -0.4 is 4.72 Å². The number of rotatable bonds is 3. The fourth-order valence-corrected chi connectivity index (χ4v) is 3.91. The molecule has 2 rings (SSSR count). The molecule has 0 saturated heterocycles. The maximum Gasteiger partial charge on any atom is 0.262 e. The van der Waals surface area contributed by atoms with Crippen LogP contribution in [0.4, 0.5) is 5.69 Å². The Hall–Kier alpha value is -0.750. The first-order valence-corrected chi connectivity index (χ1v) is 8.57. The second-order valence-electron chi connectivity index (χ2n) is 4.15. The van der Waals surface area contributed by atoms with Gasteiger partial charge in [-0.25, -0.2) is 8.42 Å². The molecule has 0 aromatic heterocycles. The van der Waals surface area contributed by atoms with Crippen LogP contribution in [0, 0.1) is 6.92 Å². The number of benzene rings is 2. The lowest BCUT2D eigenvalue weighted by atomic mass is 10.2. The molecular formula is C13H10BrCl2NO2S. The molecule has 0 saturated carbocycles. The summed E-state index contributed by atoms with van der Waals surface area (Å²) >= 11 is 15.0. The number of aryl methyl sites for hydroxylation is 1. The molecule has 0 atom stereocenters. The molecule has 1 N–H and O–H groups in total. The van der Waals surface area contributed by atoms with Gasteiger partial charge in [-0.05, 0) is 52.7 Å². The Bertz CT molecular complexity index is 743. The van der Waals surface area contributed by atoms with Gasteiger partial charge in [-0.15, -0.1) is 0 Å². The molecule has 20 heavy (non-hydrogen) atoms. The molecule has 0 aliphatic carbocycles. The molecule has 0 fully saturated rings. The van der Waals surface area contributed by atoms with Crippen LogP contribution in [-0.2, 0) is 10.0 Å². The minimum Gasteiger partial charge on any atom is -0.278 e. The van der Waals surface area contributed by atoms with Crippen molar-refractivity contribution in [3.05, 3.63) is 56.5 Å². The summed E-state index contributed by atoms with van der Waals surface area (Å²) in [4.78, 5) is 0.0170. The Morgan fingerprint density at radius 2 is 1.70 bits per heavy atom.